The van der Waals surface area contributed by atoms with Gasteiger partial charge in [-0.3, -0.25) is 30.5 Å². The molecule has 2 aromatic carbocycles. The third-order valence-electron chi connectivity index (χ3n) is 8.46. The number of carbonyl (C=O) groups excluding carboxylic acids is 4. The molecule has 342 valence electrons. The Labute approximate surface area is 370 Å². The number of para-hydroxylation sites is 2. The lowest BCUT2D eigenvalue weighted by atomic mass is 9.86. The number of phenolic OH excluding ortho intramolecular Hbond substituents is 1. The highest BCUT2D eigenvalue weighted by Gasteiger charge is 2.40. The lowest BCUT2D eigenvalue weighted by Crippen LogP contribution is -2.49. The topological polar surface area (TPSA) is 255 Å². The number of amides is 1. The maximum Gasteiger partial charge on any atom is 0.347 e. The molecule has 0 aliphatic carbocycles. The van der Waals surface area contributed by atoms with Gasteiger partial charge in [0, 0.05) is 32.5 Å². The molecule has 1 amide bonds. The first kappa shape index (κ1) is 54.0. The van der Waals surface area contributed by atoms with Crippen LogP contribution in [0.15, 0.2) is 109 Å². The summed E-state index contributed by atoms with van der Waals surface area (Å²) in [6.45, 7) is 4.73. The van der Waals surface area contributed by atoms with E-state index in [-0.39, 0.29) is 60.5 Å². The number of nitrogens with zero attached hydrogens (tertiary/aromatic N) is 1. The molecule has 0 radical (unpaired) electrons. The van der Waals surface area contributed by atoms with Crippen molar-refractivity contribution >= 4 is 41.7 Å². The predicted octanol–water partition coefficient (Wildman–Crippen LogP) is 7.18. The van der Waals surface area contributed by atoms with E-state index in [0.717, 1.165) is 32.1 Å². The van der Waals surface area contributed by atoms with Crippen LogP contribution in [-0.2, 0) is 23.9 Å². The number of ether oxygens (including phenoxy) is 3. The summed E-state index contributed by atoms with van der Waals surface area (Å²) in [7, 11) is 3.39. The Morgan fingerprint density at radius 3 is 1.86 bits per heavy atom. The normalized spacial score (nSPS) is 11.9. The van der Waals surface area contributed by atoms with Crippen LogP contribution in [0.3, 0.4) is 0 Å². The van der Waals surface area contributed by atoms with E-state index in [1.54, 1.807) is 27.9 Å². The minimum absolute atomic E-state index is 0.113. The molecule has 1 unspecified atom stereocenters. The predicted molar refractivity (Wildman–Crippen MR) is 243 cm³/mol. The molecule has 0 heterocycles. The van der Waals surface area contributed by atoms with Crippen LogP contribution >= 0.6 is 0 Å². The fourth-order valence-corrected chi connectivity index (χ4v) is 5.04. The molecule has 63 heavy (non-hydrogen) atoms. The highest BCUT2D eigenvalue weighted by Crippen LogP contribution is 2.29. The number of benzene rings is 2. The molecule has 8 N–H and O–H groups in total. The zero-order valence-electron chi connectivity index (χ0n) is 36.9. The van der Waals surface area contributed by atoms with Gasteiger partial charge in [-0.2, -0.15) is 0 Å². The molecule has 0 saturated carbocycles. The Hall–Kier alpha value is -6.97. The first-order valence-corrected chi connectivity index (χ1v) is 20.6. The highest BCUT2D eigenvalue weighted by molar-refractivity contribution is 5.98. The van der Waals surface area contributed by atoms with Crippen LogP contribution in [0.5, 0.6) is 11.5 Å². The molecular formula is C47H64N6O10. The fourth-order valence-electron chi connectivity index (χ4n) is 5.04. The van der Waals surface area contributed by atoms with Crippen molar-refractivity contribution in [3.63, 3.8) is 0 Å². The molecule has 0 saturated heterocycles. The Morgan fingerprint density at radius 2 is 1.33 bits per heavy atom. The average molecular weight is 873 g/mol. The standard InChI is InChI=1S/C43H53NO10.C4H11N5/c1-4-5-6-7-8-9-10-11-12-13-14-15-16-17-18-19-20-29-38(48)52-32-43(2,3)39(40(49)44-31-30-37(46)47)54-42(51)34-26-22-24-28-36(34)53-41(50)33-25-21-23-27-35(33)45;1-9(2)4(7)8-3(5)6/h5-6,8-9,11-12,14-15,17-18,21-28,39,45H,4,7,10,13,16,19-20,29-32H2,1-3H3,(H,44,49)(H,46,47);1-2H3,(H5,5,6,7,8)/b6-5-,9-8-,12-11-,15-14-,18-17-;. The van der Waals surface area contributed by atoms with E-state index in [1.807, 2.05) is 12.2 Å². The van der Waals surface area contributed by atoms with Crippen LogP contribution in [0.2, 0.25) is 0 Å². The number of aliphatic carboxylic acids is 1. The molecule has 1 atom stereocenters. The minimum Gasteiger partial charge on any atom is -0.507 e. The van der Waals surface area contributed by atoms with Crippen LogP contribution < -0.4 is 21.1 Å². The fraction of sp³-hybridized carbons (Fsp3) is 0.383. The van der Waals surface area contributed by atoms with Gasteiger partial charge in [-0.1, -0.05) is 106 Å². The van der Waals surface area contributed by atoms with Crippen LogP contribution in [0, 0.1) is 16.2 Å². The van der Waals surface area contributed by atoms with E-state index < -0.39 is 41.3 Å². The van der Waals surface area contributed by atoms with Gasteiger partial charge in [0.1, 0.15) is 29.2 Å². The molecule has 0 aromatic heterocycles. The largest absolute Gasteiger partial charge is 0.507 e. The molecule has 16 heteroatoms. The van der Waals surface area contributed by atoms with Gasteiger partial charge in [-0.05, 0) is 69.2 Å². The highest BCUT2D eigenvalue weighted by atomic mass is 16.6. The summed E-state index contributed by atoms with van der Waals surface area (Å²) in [4.78, 5) is 64.6. The van der Waals surface area contributed by atoms with Gasteiger partial charge in [0.15, 0.2) is 18.0 Å². The second kappa shape index (κ2) is 31.0. The number of carbonyl (C=O) groups is 5. The quantitative estimate of drug-likeness (QED) is 0.0138. The zero-order valence-corrected chi connectivity index (χ0v) is 36.9. The number of rotatable bonds is 24. The minimum atomic E-state index is -1.53. The van der Waals surface area contributed by atoms with E-state index >= 15 is 0 Å². The van der Waals surface area contributed by atoms with Crippen LogP contribution in [0.1, 0.15) is 99.3 Å². The van der Waals surface area contributed by atoms with Gasteiger partial charge in [0.05, 0.1) is 6.42 Å². The Kier molecular flexibility index (Phi) is 26.6. The monoisotopic (exact) mass is 872 g/mol. The molecule has 2 aromatic rings. The number of aromatic hydroxyl groups is 1. The Balaban J connectivity index is 0.00000197. The number of unbranched alkanes of at least 4 members (excludes halogenated alkanes) is 1. The maximum atomic E-state index is 13.5. The van der Waals surface area contributed by atoms with Gasteiger partial charge in [-0.15, -0.1) is 0 Å². The number of nitrogens with two attached hydrogens (primary N) is 1. The molecule has 0 aliphatic heterocycles. The van der Waals surface area contributed by atoms with Crippen molar-refractivity contribution in [2.24, 2.45) is 11.1 Å². The van der Waals surface area contributed by atoms with E-state index in [9.17, 15) is 29.1 Å². The zero-order chi connectivity index (χ0) is 47.0. The van der Waals surface area contributed by atoms with E-state index in [4.69, 9.17) is 35.9 Å². The summed E-state index contributed by atoms with van der Waals surface area (Å²) in [5.41, 5.74) is 3.36. The number of carboxylic acids is 1. The summed E-state index contributed by atoms with van der Waals surface area (Å²) in [6, 6.07) is 11.4. The summed E-state index contributed by atoms with van der Waals surface area (Å²) in [5.74, 6) is -4.97. The van der Waals surface area contributed by atoms with Crippen molar-refractivity contribution < 1.29 is 48.4 Å². The average Bonchev–Trinajstić information content (AvgIpc) is 3.23. The number of allylic oxidation sites excluding steroid dienone is 10. The summed E-state index contributed by atoms with van der Waals surface area (Å²) in [6.07, 6.45) is 25.2. The van der Waals surface area contributed by atoms with Gasteiger partial charge in [0.25, 0.3) is 5.91 Å². The van der Waals surface area contributed by atoms with Gasteiger partial charge >= 0.3 is 23.9 Å². The van der Waals surface area contributed by atoms with Crippen molar-refractivity contribution in [3.8, 4) is 11.5 Å². The molecule has 16 nitrogen and oxygen atoms in total. The first-order valence-electron chi connectivity index (χ1n) is 20.6. The summed E-state index contributed by atoms with van der Waals surface area (Å²) >= 11 is 0. The molecule has 0 bridgehead atoms. The second-order valence-electron chi connectivity index (χ2n) is 14.7. The van der Waals surface area contributed by atoms with Crippen LogP contribution in [0.4, 0.5) is 0 Å². The third-order valence-corrected chi connectivity index (χ3v) is 8.46. The second-order valence-corrected chi connectivity index (χ2v) is 14.7. The number of nitrogens with one attached hydrogen (secondary N) is 4. The Bertz CT molecular complexity index is 1950. The van der Waals surface area contributed by atoms with Crippen LogP contribution in [-0.4, -0.2) is 90.2 Å². The van der Waals surface area contributed by atoms with Crippen molar-refractivity contribution in [2.45, 2.75) is 84.7 Å². The van der Waals surface area contributed by atoms with Gasteiger partial charge in [-0.25, -0.2) is 9.59 Å². The van der Waals surface area contributed by atoms with Crippen molar-refractivity contribution in [2.75, 3.05) is 27.2 Å². The summed E-state index contributed by atoms with van der Waals surface area (Å²) < 4.78 is 16.5. The number of hydrogen-bond donors (Lipinski definition) is 7. The maximum absolute atomic E-state index is 13.5. The number of carboxylic acid groups (broad SMARTS) is 1. The van der Waals surface area contributed by atoms with E-state index in [1.165, 1.54) is 53.4 Å². The van der Waals surface area contributed by atoms with Crippen molar-refractivity contribution in [1.82, 2.24) is 15.5 Å². The molecular weight excluding hydrogens is 809 g/mol. The number of phenols is 1. The molecule has 0 fully saturated rings. The number of esters is 3. The lowest BCUT2D eigenvalue weighted by molar-refractivity contribution is -0.153. The molecule has 0 spiro atoms. The Morgan fingerprint density at radius 1 is 0.794 bits per heavy atom. The molecule has 0 aliphatic rings. The third kappa shape index (κ3) is 24.2. The number of guanidine groups is 2. The van der Waals surface area contributed by atoms with Crippen molar-refractivity contribution in [3.05, 3.63) is 120 Å². The van der Waals surface area contributed by atoms with Crippen LogP contribution in [0.25, 0.3) is 0 Å². The first-order chi connectivity index (χ1) is 30.0. The van der Waals surface area contributed by atoms with E-state index in [0.29, 0.717) is 12.8 Å². The van der Waals surface area contributed by atoms with Gasteiger partial charge < -0.3 is 40.4 Å². The molecule has 2 rings (SSSR count). The lowest BCUT2D eigenvalue weighted by Gasteiger charge is -2.32. The van der Waals surface area contributed by atoms with Gasteiger partial charge in [0.2, 0.25) is 0 Å². The smallest absolute Gasteiger partial charge is 0.347 e. The van der Waals surface area contributed by atoms with Crippen molar-refractivity contribution in [1.29, 1.82) is 10.8 Å². The van der Waals surface area contributed by atoms with E-state index in [2.05, 4.69) is 66.2 Å². The number of hydrogen-bond acceptors (Lipinski definition) is 11. The summed E-state index contributed by atoms with van der Waals surface area (Å²) in [5, 5.41) is 37.6. The SMILES string of the molecule is CC/C=C\C/C=C\C/C=C\C/C=C\C/C=C\CCCC(=O)OCC(C)(C)C(OC(=O)c1ccccc1OC(=O)c1ccccc1O)C(=O)NCCC(=O)O.CN(C)C(=N)NC(=N)N.